The van der Waals surface area contributed by atoms with Crippen LogP contribution in [0.25, 0.3) is 0 Å². The van der Waals surface area contributed by atoms with E-state index in [1.807, 2.05) is 92.0 Å². The van der Waals surface area contributed by atoms with Crippen molar-refractivity contribution in [2.24, 2.45) is 11.3 Å². The molecule has 202 valence electrons. The molecule has 0 radical (unpaired) electrons. The molecule has 0 aliphatic carbocycles. The summed E-state index contributed by atoms with van der Waals surface area (Å²) in [7, 11) is 1.71. The molecule has 1 aromatic rings. The fraction of sp³-hybridized carbons (Fsp3) is 0.621. The summed E-state index contributed by atoms with van der Waals surface area (Å²) in [5.74, 6) is -1.40. The Morgan fingerprint density at radius 2 is 1.58 bits per heavy atom. The van der Waals surface area contributed by atoms with Crippen LogP contribution >= 0.6 is 11.8 Å². The molecule has 36 heavy (non-hydrogen) atoms. The summed E-state index contributed by atoms with van der Waals surface area (Å²) < 4.78 is 0. The molecule has 0 saturated carbocycles. The molecule has 0 fully saturated rings. The number of thioether (sulfide) groups is 1. The second-order valence-electron chi connectivity index (χ2n) is 11.5. The van der Waals surface area contributed by atoms with Gasteiger partial charge in [0.1, 0.15) is 6.04 Å². The van der Waals surface area contributed by atoms with Crippen LogP contribution in [0.15, 0.2) is 41.5 Å². The number of carboxylic acid groups (broad SMARTS) is 1. The lowest BCUT2D eigenvalue weighted by Crippen LogP contribution is -2.59. The van der Waals surface area contributed by atoms with Gasteiger partial charge in [0.2, 0.25) is 11.8 Å². The third-order valence-corrected chi connectivity index (χ3v) is 8.26. The first-order chi connectivity index (χ1) is 16.5. The Bertz CT molecular complexity index is 948. The van der Waals surface area contributed by atoms with Gasteiger partial charge >= 0.3 is 5.97 Å². The van der Waals surface area contributed by atoms with Crippen LogP contribution in [-0.4, -0.2) is 58.4 Å². The molecule has 0 aromatic heterocycles. The standard InChI is InChI=1S/C29H46N2O4S/c1-12-21(19(4)27(34)35)22(18(2)3)31(10)26(33)23(28(5,6)7)30-25(32)24(36-11)29(8,9)20-16-14-13-15-17-20/h13-18,22-24H,12H2,1-11H3,(H,30,32)(H,34,35)/t22-,23+,24?/m0/s1. The summed E-state index contributed by atoms with van der Waals surface area (Å²) in [5, 5.41) is 12.3. The molecular weight excluding hydrogens is 472 g/mol. The van der Waals surface area contributed by atoms with Crippen LogP contribution in [0.3, 0.4) is 0 Å². The van der Waals surface area contributed by atoms with Gasteiger partial charge in [-0.2, -0.15) is 11.8 Å². The van der Waals surface area contributed by atoms with Gasteiger partial charge in [-0.05, 0) is 42.1 Å². The van der Waals surface area contributed by atoms with Crippen LogP contribution in [0, 0.1) is 11.3 Å². The SMILES string of the molecule is CCC(=C(C)C(=O)O)[C@H](C(C)C)N(C)C(=O)[C@@H](NC(=O)C(SC)C(C)(C)c1ccccc1)C(C)(C)C. The van der Waals surface area contributed by atoms with Crippen molar-refractivity contribution in [1.29, 1.82) is 0 Å². The Morgan fingerprint density at radius 3 is 1.97 bits per heavy atom. The lowest BCUT2D eigenvalue weighted by atomic mass is 9.80. The van der Waals surface area contributed by atoms with E-state index in [0.717, 1.165) is 11.1 Å². The van der Waals surface area contributed by atoms with Crippen LogP contribution < -0.4 is 5.32 Å². The molecule has 0 heterocycles. The van der Waals surface area contributed by atoms with Crippen LogP contribution in [-0.2, 0) is 19.8 Å². The van der Waals surface area contributed by atoms with E-state index in [9.17, 15) is 19.5 Å². The van der Waals surface area contributed by atoms with Gasteiger partial charge in [0.05, 0.1) is 11.3 Å². The quantitative estimate of drug-likeness (QED) is 0.377. The zero-order chi connectivity index (χ0) is 28.0. The average molecular weight is 519 g/mol. The van der Waals surface area contributed by atoms with E-state index in [1.54, 1.807) is 18.9 Å². The fourth-order valence-corrected chi connectivity index (χ4v) is 5.88. The number of nitrogens with zero attached hydrogens (tertiary/aromatic N) is 1. The van der Waals surface area contributed by atoms with E-state index in [4.69, 9.17) is 0 Å². The summed E-state index contributed by atoms with van der Waals surface area (Å²) in [6.07, 6.45) is 2.43. The molecule has 0 aliphatic heterocycles. The Hall–Kier alpha value is -2.28. The minimum atomic E-state index is -0.982. The molecule has 3 atom stereocenters. The van der Waals surface area contributed by atoms with Crippen molar-refractivity contribution >= 4 is 29.5 Å². The number of carboxylic acids is 1. The third-order valence-electron chi connectivity index (χ3n) is 6.98. The van der Waals surface area contributed by atoms with E-state index < -0.39 is 34.1 Å². The van der Waals surface area contributed by atoms with Crippen molar-refractivity contribution in [3.8, 4) is 0 Å². The highest BCUT2D eigenvalue weighted by Gasteiger charge is 2.42. The maximum absolute atomic E-state index is 13.9. The van der Waals surface area contributed by atoms with Gasteiger partial charge in [-0.15, -0.1) is 0 Å². The normalized spacial score (nSPS) is 15.6. The van der Waals surface area contributed by atoms with Crippen molar-refractivity contribution in [2.45, 2.75) is 91.5 Å². The number of carbonyl (C=O) groups is 3. The number of rotatable bonds is 11. The van der Waals surface area contributed by atoms with Gasteiger partial charge in [-0.1, -0.05) is 85.7 Å². The Morgan fingerprint density at radius 1 is 1.06 bits per heavy atom. The van der Waals surface area contributed by atoms with Crippen LogP contribution in [0.4, 0.5) is 0 Å². The van der Waals surface area contributed by atoms with Gasteiger partial charge in [-0.3, -0.25) is 9.59 Å². The Balaban J connectivity index is 3.40. The molecule has 1 rings (SSSR count). The maximum Gasteiger partial charge on any atom is 0.331 e. The Kier molecular flexibility index (Phi) is 11.3. The lowest BCUT2D eigenvalue weighted by Gasteiger charge is -2.41. The number of likely N-dealkylation sites (N-methyl/N-ethyl adjacent to an activating group) is 1. The van der Waals surface area contributed by atoms with E-state index in [2.05, 4.69) is 5.32 Å². The zero-order valence-corrected chi connectivity index (χ0v) is 24.7. The zero-order valence-electron chi connectivity index (χ0n) is 23.9. The first-order valence-corrected chi connectivity index (χ1v) is 13.9. The van der Waals surface area contributed by atoms with Gasteiger partial charge in [-0.25, -0.2) is 4.79 Å². The van der Waals surface area contributed by atoms with Gasteiger partial charge < -0.3 is 15.3 Å². The van der Waals surface area contributed by atoms with Crippen molar-refractivity contribution in [1.82, 2.24) is 10.2 Å². The van der Waals surface area contributed by atoms with E-state index in [1.165, 1.54) is 11.8 Å². The minimum absolute atomic E-state index is 0.00419. The summed E-state index contributed by atoms with van der Waals surface area (Å²) in [5.41, 5.74) is 1.02. The topological polar surface area (TPSA) is 86.7 Å². The van der Waals surface area contributed by atoms with Crippen molar-refractivity contribution in [3.05, 3.63) is 47.0 Å². The average Bonchev–Trinajstić information content (AvgIpc) is 2.79. The second-order valence-corrected chi connectivity index (χ2v) is 12.4. The number of amides is 2. The summed E-state index contributed by atoms with van der Waals surface area (Å²) in [4.78, 5) is 41.0. The molecule has 2 N–H and O–H groups in total. The molecule has 2 amide bonds. The summed E-state index contributed by atoms with van der Waals surface area (Å²) in [6, 6.07) is 8.76. The highest BCUT2D eigenvalue weighted by atomic mass is 32.2. The van der Waals surface area contributed by atoms with Crippen molar-refractivity contribution < 1.29 is 19.5 Å². The van der Waals surface area contributed by atoms with E-state index >= 15 is 0 Å². The van der Waals surface area contributed by atoms with Gasteiger partial charge in [0, 0.05) is 18.0 Å². The molecule has 0 aliphatic rings. The first-order valence-electron chi connectivity index (χ1n) is 12.6. The third kappa shape index (κ3) is 7.37. The predicted octanol–water partition coefficient (Wildman–Crippen LogP) is 5.52. The smallest absolute Gasteiger partial charge is 0.331 e. The summed E-state index contributed by atoms with van der Waals surface area (Å²) >= 11 is 1.47. The minimum Gasteiger partial charge on any atom is -0.478 e. The molecule has 1 unspecified atom stereocenters. The lowest BCUT2D eigenvalue weighted by molar-refractivity contribution is -0.140. The number of hydrogen-bond donors (Lipinski definition) is 2. The highest BCUT2D eigenvalue weighted by molar-refractivity contribution is 8.00. The molecule has 6 nitrogen and oxygen atoms in total. The van der Waals surface area contributed by atoms with Gasteiger partial charge in [0.15, 0.2) is 0 Å². The van der Waals surface area contributed by atoms with Crippen LogP contribution in [0.5, 0.6) is 0 Å². The molecule has 7 heteroatoms. The predicted molar refractivity (Wildman–Crippen MR) is 150 cm³/mol. The molecular formula is C29H46N2O4S. The summed E-state index contributed by atoms with van der Waals surface area (Å²) in [6.45, 7) is 17.4. The fourth-order valence-electron chi connectivity index (χ4n) is 4.87. The van der Waals surface area contributed by atoms with Crippen molar-refractivity contribution in [3.63, 3.8) is 0 Å². The van der Waals surface area contributed by atoms with Gasteiger partial charge in [0.25, 0.3) is 0 Å². The number of benzene rings is 1. The number of carbonyl (C=O) groups excluding carboxylic acids is 2. The van der Waals surface area contributed by atoms with E-state index in [0.29, 0.717) is 6.42 Å². The maximum atomic E-state index is 13.9. The highest BCUT2D eigenvalue weighted by Crippen LogP contribution is 2.35. The van der Waals surface area contributed by atoms with Crippen LogP contribution in [0.2, 0.25) is 0 Å². The second kappa shape index (κ2) is 12.8. The molecule has 0 spiro atoms. The molecule has 0 bridgehead atoms. The number of hydrogen-bond acceptors (Lipinski definition) is 4. The molecule has 1 aromatic carbocycles. The van der Waals surface area contributed by atoms with Crippen LogP contribution in [0.1, 0.15) is 74.3 Å². The molecule has 0 saturated heterocycles. The largest absolute Gasteiger partial charge is 0.478 e. The first kappa shape index (κ1) is 31.7. The number of aliphatic carboxylic acids is 1. The van der Waals surface area contributed by atoms with E-state index in [-0.39, 0.29) is 23.3 Å². The number of nitrogens with one attached hydrogen (secondary N) is 1. The Labute approximate surface area is 222 Å². The van der Waals surface area contributed by atoms with Crippen molar-refractivity contribution in [2.75, 3.05) is 13.3 Å². The monoisotopic (exact) mass is 518 g/mol.